The van der Waals surface area contributed by atoms with Crippen molar-refractivity contribution >= 4 is 50.4 Å². The van der Waals surface area contributed by atoms with Gasteiger partial charge in [-0.1, -0.05) is 12.1 Å². The normalized spacial score (nSPS) is 11.8. The molecule has 7 rings (SSSR count). The van der Waals surface area contributed by atoms with Crippen LogP contribution >= 0.6 is 0 Å². The molecular formula is C32H6BF15O3. The average molecular weight is 734 g/mol. The van der Waals surface area contributed by atoms with Crippen molar-refractivity contribution < 1.29 is 79.8 Å². The molecule has 0 unspecified atom stereocenters. The number of halogens is 15. The Kier molecular flexibility index (Phi) is 7.72. The first-order valence-electron chi connectivity index (χ1n) is 13.6. The summed E-state index contributed by atoms with van der Waals surface area (Å²) in [6, 6.07) is 3.58. The van der Waals surface area contributed by atoms with Gasteiger partial charge >= 0.3 is 7.32 Å². The number of benzene rings is 7. The zero-order valence-corrected chi connectivity index (χ0v) is 23.9. The third-order valence-corrected chi connectivity index (χ3v) is 7.78. The second-order valence-corrected chi connectivity index (χ2v) is 10.6. The van der Waals surface area contributed by atoms with E-state index in [0.717, 1.165) is 18.2 Å². The Balaban J connectivity index is 1.51. The van der Waals surface area contributed by atoms with Gasteiger partial charge in [-0.2, -0.15) is 13.2 Å². The van der Waals surface area contributed by atoms with Gasteiger partial charge in [-0.25, -0.2) is 52.7 Å². The van der Waals surface area contributed by atoms with Crippen molar-refractivity contribution in [3.05, 3.63) is 124 Å². The zero-order valence-electron chi connectivity index (χ0n) is 23.9. The van der Waals surface area contributed by atoms with E-state index in [0.29, 0.717) is 6.07 Å². The van der Waals surface area contributed by atoms with Crippen LogP contribution in [0.15, 0.2) is 36.4 Å². The molecule has 0 bridgehead atoms. The van der Waals surface area contributed by atoms with E-state index >= 15 is 17.6 Å². The molecule has 0 fully saturated rings. The monoisotopic (exact) mass is 734 g/mol. The molecule has 0 aliphatic rings. The highest BCUT2D eigenvalue weighted by Crippen LogP contribution is 2.46. The quantitative estimate of drug-likeness (QED) is 0.0560. The minimum absolute atomic E-state index is 0.0368. The molecule has 0 saturated heterocycles. The summed E-state index contributed by atoms with van der Waals surface area (Å²) >= 11 is 0. The van der Waals surface area contributed by atoms with Crippen molar-refractivity contribution in [2.75, 3.05) is 0 Å². The van der Waals surface area contributed by atoms with Crippen LogP contribution in [-0.4, -0.2) is 7.32 Å². The largest absolute Gasteiger partial charge is 0.864 e. The number of hydrogen-bond acceptors (Lipinski definition) is 3. The molecule has 51 heavy (non-hydrogen) atoms. The zero-order chi connectivity index (χ0) is 37.0. The SMILES string of the molecule is Fc1cc(F)c(F)c(OB(Oc2c(F)c(F)c3c(F)c(F)c4c(F)ccc5ccc2c3c54)Oc2c(F)c(F)c(F)c3c(F)c(F)c(F)c(F)c23)c1. The summed E-state index contributed by atoms with van der Waals surface area (Å²) in [5.41, 5.74) is 0. The summed E-state index contributed by atoms with van der Waals surface area (Å²) in [5, 5.41) is -8.95. The van der Waals surface area contributed by atoms with Gasteiger partial charge in [-0.15, -0.1) is 0 Å². The van der Waals surface area contributed by atoms with Crippen molar-refractivity contribution in [3.63, 3.8) is 0 Å². The molecule has 19 heteroatoms. The fourth-order valence-electron chi connectivity index (χ4n) is 5.60. The van der Waals surface area contributed by atoms with Crippen molar-refractivity contribution in [3.8, 4) is 17.2 Å². The van der Waals surface area contributed by atoms with Crippen molar-refractivity contribution in [1.82, 2.24) is 0 Å². The van der Waals surface area contributed by atoms with Gasteiger partial charge in [-0.05, 0) is 17.5 Å². The van der Waals surface area contributed by atoms with E-state index in [1.165, 1.54) is 0 Å². The predicted molar refractivity (Wildman–Crippen MR) is 148 cm³/mol. The first-order valence-corrected chi connectivity index (χ1v) is 13.6. The van der Waals surface area contributed by atoms with Crippen LogP contribution in [-0.2, 0) is 0 Å². The smallest absolute Gasteiger partial charge is 0.487 e. The van der Waals surface area contributed by atoms with Gasteiger partial charge in [0.25, 0.3) is 0 Å². The Bertz CT molecular complexity index is 2640. The Morgan fingerprint density at radius 2 is 0.843 bits per heavy atom. The lowest BCUT2D eigenvalue weighted by molar-refractivity contribution is 0.282. The Morgan fingerprint density at radius 3 is 1.51 bits per heavy atom. The van der Waals surface area contributed by atoms with Crippen LogP contribution in [0.1, 0.15) is 0 Å². The lowest BCUT2D eigenvalue weighted by Gasteiger charge is -2.22. The standard InChI is InChI=1S/C32H6BF15O3/c34-8-5-11(36)19(37)12(6-8)49-33(51-32-18-17(23(41)28(46)30(32)48)22(40)26(44)27(45)25(18)43)50-31-9-3-1-7-2-4-10(35)15-13(7)14(9)16(21(39)20(15)38)24(42)29(31)47/h1-6H. The molecule has 0 atom stereocenters. The topological polar surface area (TPSA) is 27.7 Å². The van der Waals surface area contributed by atoms with Crippen LogP contribution in [0.3, 0.4) is 0 Å². The predicted octanol–water partition coefficient (Wildman–Crippen LogP) is 10.3. The van der Waals surface area contributed by atoms with Crippen LogP contribution < -0.4 is 14.0 Å². The number of fused-ring (bicyclic) bond motifs is 1. The summed E-state index contributed by atoms with van der Waals surface area (Å²) in [6.07, 6.45) is 0. The lowest BCUT2D eigenvalue weighted by atomic mass is 9.92. The molecule has 0 N–H and O–H groups in total. The lowest BCUT2D eigenvalue weighted by Crippen LogP contribution is -2.38. The third kappa shape index (κ3) is 4.80. The summed E-state index contributed by atoms with van der Waals surface area (Å²) in [4.78, 5) is 0. The van der Waals surface area contributed by atoms with E-state index < -0.39 is 150 Å². The molecule has 0 amide bonds. The van der Waals surface area contributed by atoms with Crippen LogP contribution in [0.4, 0.5) is 65.9 Å². The van der Waals surface area contributed by atoms with E-state index in [9.17, 15) is 48.3 Å². The first-order chi connectivity index (χ1) is 24.0. The van der Waals surface area contributed by atoms with Crippen LogP contribution in [0.5, 0.6) is 17.2 Å². The second kappa shape index (κ2) is 11.7. The molecule has 0 spiro atoms. The fraction of sp³-hybridized carbons (Fsp3) is 0. The molecule has 0 aliphatic carbocycles. The van der Waals surface area contributed by atoms with Gasteiger partial charge in [0.1, 0.15) is 17.4 Å². The minimum atomic E-state index is -3.32. The molecule has 0 aromatic heterocycles. The number of hydrogen-bond donors (Lipinski definition) is 0. The highest BCUT2D eigenvalue weighted by atomic mass is 19.2. The molecule has 7 aromatic rings. The van der Waals surface area contributed by atoms with Gasteiger partial charge in [0.15, 0.2) is 81.3 Å². The van der Waals surface area contributed by atoms with Crippen molar-refractivity contribution in [2.45, 2.75) is 0 Å². The molecule has 7 aromatic carbocycles. The van der Waals surface area contributed by atoms with E-state index in [1.807, 2.05) is 0 Å². The summed E-state index contributed by atoms with van der Waals surface area (Å²) in [6.45, 7) is 0. The van der Waals surface area contributed by atoms with Gasteiger partial charge in [0.05, 0.1) is 21.5 Å². The van der Waals surface area contributed by atoms with E-state index in [1.54, 1.807) is 0 Å². The van der Waals surface area contributed by atoms with Crippen molar-refractivity contribution in [1.29, 1.82) is 0 Å². The fourth-order valence-corrected chi connectivity index (χ4v) is 5.60. The van der Waals surface area contributed by atoms with Crippen LogP contribution in [0, 0.1) is 87.3 Å². The highest BCUT2D eigenvalue weighted by molar-refractivity contribution is 6.40. The molecule has 260 valence electrons. The second-order valence-electron chi connectivity index (χ2n) is 10.6. The molecule has 0 saturated carbocycles. The Hall–Kier alpha value is -5.75. The average Bonchev–Trinajstić information content (AvgIpc) is 3.09. The molecule has 3 nitrogen and oxygen atoms in total. The van der Waals surface area contributed by atoms with Gasteiger partial charge in [0, 0.05) is 28.3 Å². The maximum absolute atomic E-state index is 15.7. The highest BCUT2D eigenvalue weighted by Gasteiger charge is 2.40. The Morgan fingerprint density at radius 1 is 0.353 bits per heavy atom. The Labute approximate surface area is 271 Å². The minimum Gasteiger partial charge on any atom is -0.487 e. The molecular weight excluding hydrogens is 728 g/mol. The maximum atomic E-state index is 15.7. The van der Waals surface area contributed by atoms with E-state index in [-0.39, 0.29) is 17.5 Å². The summed E-state index contributed by atoms with van der Waals surface area (Å²) < 4.78 is 236. The van der Waals surface area contributed by atoms with Gasteiger partial charge < -0.3 is 14.0 Å². The third-order valence-electron chi connectivity index (χ3n) is 7.78. The number of rotatable bonds is 6. The maximum Gasteiger partial charge on any atom is 0.864 e. The molecule has 0 radical (unpaired) electrons. The van der Waals surface area contributed by atoms with Crippen LogP contribution in [0.2, 0.25) is 0 Å². The van der Waals surface area contributed by atoms with Gasteiger partial charge in [-0.3, -0.25) is 0 Å². The summed E-state index contributed by atoms with van der Waals surface area (Å²) in [5.74, 6) is -39.9. The molecule has 0 heterocycles. The van der Waals surface area contributed by atoms with E-state index in [2.05, 4.69) is 0 Å². The summed E-state index contributed by atoms with van der Waals surface area (Å²) in [7, 11) is -3.32. The van der Waals surface area contributed by atoms with Gasteiger partial charge in [0.2, 0.25) is 5.82 Å². The van der Waals surface area contributed by atoms with Crippen molar-refractivity contribution in [2.24, 2.45) is 0 Å². The van der Waals surface area contributed by atoms with Crippen LogP contribution in [0.25, 0.3) is 43.1 Å². The van der Waals surface area contributed by atoms with E-state index in [4.69, 9.17) is 14.0 Å². The molecule has 0 aliphatic heterocycles. The first kappa shape index (κ1) is 33.7.